The van der Waals surface area contributed by atoms with Crippen LogP contribution in [0.15, 0.2) is 170 Å². The smallest absolute Gasteiger partial charge is 0.338 e. The van der Waals surface area contributed by atoms with Crippen molar-refractivity contribution in [2.75, 3.05) is 13.7 Å². The lowest BCUT2D eigenvalue weighted by Gasteiger charge is -2.49. The molecule has 2 aliphatic rings. The highest BCUT2D eigenvalue weighted by molar-refractivity contribution is 6.99. The van der Waals surface area contributed by atoms with Crippen LogP contribution in [-0.2, 0) is 18.6 Å². The predicted octanol–water partition coefficient (Wildman–Crippen LogP) is 7.49. The molecule has 0 radical (unpaired) electrons. The molecular formula is C51H47NO10Si. The Labute approximate surface area is 367 Å². The van der Waals surface area contributed by atoms with Gasteiger partial charge in [-0.2, -0.15) is 0 Å². The molecule has 1 saturated heterocycles. The minimum Gasteiger partial charge on any atom is -0.497 e. The SMILES string of the molecule is COc1ccc(O[C@@H]2O[C@H](CO[Si](c3ccccc3)(c3ccccc3)C(C)(C)C)[C@@H](OC(=O)c3ccccc3)[C@H](OC(=O)c3ccccc3)[C@H]2N2C(=O)c3ccccc3C2=O)cc1. The standard InChI is InChI=1S/C51H47NO10Si/c1-51(2,3)63(38-23-13-7-14-24-38,39-25-15-8-16-26-39)58-33-42-44(61-48(55)34-19-9-5-10-20-34)45(62-49(56)35-21-11-6-12-22-35)43(50(60-42)59-37-31-29-36(57-4)30-32-37)52-46(53)40-27-17-18-28-41(40)47(52)54/h5-32,42-45,50H,33H2,1-4H3/t42-,43-,44-,45-,50-/m1/s1. The van der Waals surface area contributed by atoms with E-state index in [4.69, 9.17) is 28.1 Å². The maximum atomic E-state index is 14.5. The zero-order valence-electron chi connectivity index (χ0n) is 35.3. The van der Waals surface area contributed by atoms with Gasteiger partial charge in [-0.3, -0.25) is 14.5 Å². The van der Waals surface area contributed by atoms with Crippen molar-refractivity contribution in [3.8, 4) is 11.5 Å². The van der Waals surface area contributed by atoms with E-state index in [1.807, 2.05) is 36.4 Å². The first-order valence-corrected chi connectivity index (χ1v) is 22.6. The highest BCUT2D eigenvalue weighted by Crippen LogP contribution is 2.40. The molecule has 2 aliphatic heterocycles. The van der Waals surface area contributed by atoms with Gasteiger partial charge in [-0.15, -0.1) is 0 Å². The number of ether oxygens (including phenoxy) is 5. The Balaban J connectivity index is 1.30. The number of rotatable bonds is 13. The fourth-order valence-electron chi connectivity index (χ4n) is 8.44. The first kappa shape index (κ1) is 42.8. The van der Waals surface area contributed by atoms with Crippen molar-refractivity contribution in [3.63, 3.8) is 0 Å². The molecule has 11 nitrogen and oxygen atoms in total. The molecule has 2 heterocycles. The van der Waals surface area contributed by atoms with Gasteiger partial charge in [0.1, 0.15) is 23.6 Å². The van der Waals surface area contributed by atoms with Crippen molar-refractivity contribution in [3.05, 3.63) is 192 Å². The lowest BCUT2D eigenvalue weighted by Crippen LogP contribution is -2.70. The third-order valence-electron chi connectivity index (χ3n) is 11.4. The summed E-state index contributed by atoms with van der Waals surface area (Å²) in [7, 11) is -1.75. The summed E-state index contributed by atoms with van der Waals surface area (Å²) >= 11 is 0. The summed E-state index contributed by atoms with van der Waals surface area (Å²) in [5.41, 5.74) is 0.694. The van der Waals surface area contributed by atoms with Gasteiger partial charge in [-0.25, -0.2) is 9.59 Å². The number of carbonyl (C=O) groups excluding carboxylic acids is 4. The van der Waals surface area contributed by atoms with Gasteiger partial charge in [0.05, 0.1) is 36.0 Å². The number of nitrogens with zero attached hydrogens (tertiary/aromatic N) is 1. The van der Waals surface area contributed by atoms with Crippen molar-refractivity contribution >= 4 is 42.4 Å². The molecule has 6 aromatic rings. The lowest BCUT2D eigenvalue weighted by atomic mass is 9.94. The Kier molecular flexibility index (Phi) is 12.4. The second-order valence-electron chi connectivity index (χ2n) is 16.3. The maximum Gasteiger partial charge on any atom is 0.338 e. The summed E-state index contributed by atoms with van der Waals surface area (Å²) in [6.45, 7) is 6.20. The largest absolute Gasteiger partial charge is 0.497 e. The van der Waals surface area contributed by atoms with Gasteiger partial charge in [0, 0.05) is 0 Å². The Morgan fingerprint density at radius 1 is 0.587 bits per heavy atom. The average Bonchev–Trinajstić information content (AvgIpc) is 3.56. The first-order chi connectivity index (χ1) is 30.5. The Hall–Kier alpha value is -6.86. The van der Waals surface area contributed by atoms with Crippen molar-refractivity contribution in [2.45, 2.75) is 56.5 Å². The highest BCUT2D eigenvalue weighted by atomic mass is 28.4. The molecule has 12 heteroatoms. The van der Waals surface area contributed by atoms with E-state index in [0.29, 0.717) is 11.5 Å². The Morgan fingerprint density at radius 3 is 1.48 bits per heavy atom. The monoisotopic (exact) mass is 861 g/mol. The van der Waals surface area contributed by atoms with Gasteiger partial charge in [-0.05, 0) is 76.1 Å². The van der Waals surface area contributed by atoms with Crippen LogP contribution in [0.3, 0.4) is 0 Å². The van der Waals surface area contributed by atoms with E-state index < -0.39 is 67.8 Å². The van der Waals surface area contributed by atoms with Crippen molar-refractivity contribution < 1.29 is 47.3 Å². The predicted molar refractivity (Wildman–Crippen MR) is 238 cm³/mol. The van der Waals surface area contributed by atoms with Gasteiger partial charge >= 0.3 is 11.9 Å². The number of imide groups is 1. The first-order valence-electron chi connectivity index (χ1n) is 20.7. The van der Waals surface area contributed by atoms with E-state index >= 15 is 0 Å². The van der Waals surface area contributed by atoms with Gasteiger partial charge in [-0.1, -0.05) is 130 Å². The summed E-state index contributed by atoms with van der Waals surface area (Å²) in [5, 5.41) is 1.50. The minimum absolute atomic E-state index is 0.147. The molecule has 0 spiro atoms. The second-order valence-corrected chi connectivity index (χ2v) is 20.6. The van der Waals surface area contributed by atoms with E-state index in [1.54, 1.807) is 109 Å². The van der Waals surface area contributed by atoms with Crippen LogP contribution in [0, 0.1) is 0 Å². The number of carbonyl (C=O) groups is 4. The van der Waals surface area contributed by atoms with Crippen LogP contribution in [0.25, 0.3) is 0 Å². The van der Waals surface area contributed by atoms with Crippen LogP contribution in [0.2, 0.25) is 5.04 Å². The summed E-state index contributed by atoms with van der Waals surface area (Å²) in [4.78, 5) is 58.7. The van der Waals surface area contributed by atoms with Crippen molar-refractivity contribution in [1.82, 2.24) is 4.90 Å². The van der Waals surface area contributed by atoms with E-state index in [1.165, 1.54) is 7.11 Å². The van der Waals surface area contributed by atoms with E-state index in [0.717, 1.165) is 15.3 Å². The quantitative estimate of drug-likeness (QED) is 0.0655. The summed E-state index contributed by atoms with van der Waals surface area (Å²) < 4.78 is 39.3. The summed E-state index contributed by atoms with van der Waals surface area (Å²) in [6.07, 6.45) is -5.72. The van der Waals surface area contributed by atoms with Crippen LogP contribution in [-0.4, -0.2) is 81.3 Å². The number of hydrogen-bond donors (Lipinski definition) is 0. The molecule has 0 N–H and O–H groups in total. The molecule has 8 rings (SSSR count). The molecule has 0 aliphatic carbocycles. The molecule has 320 valence electrons. The summed E-state index contributed by atoms with van der Waals surface area (Å²) in [6, 6.07) is 48.3. The fourth-order valence-corrected chi connectivity index (χ4v) is 13.0. The molecule has 2 amide bonds. The molecule has 0 saturated carbocycles. The molecule has 0 bridgehead atoms. The second kappa shape index (κ2) is 18.2. The number of benzene rings is 6. The maximum absolute atomic E-state index is 14.5. The molecule has 0 unspecified atom stereocenters. The number of esters is 2. The van der Waals surface area contributed by atoms with Crippen LogP contribution in [0.5, 0.6) is 11.5 Å². The highest BCUT2D eigenvalue weighted by Gasteiger charge is 2.59. The third-order valence-corrected chi connectivity index (χ3v) is 16.4. The van der Waals surface area contributed by atoms with Gasteiger partial charge < -0.3 is 28.1 Å². The Morgan fingerprint density at radius 2 is 1.02 bits per heavy atom. The van der Waals surface area contributed by atoms with Crippen LogP contribution < -0.4 is 19.8 Å². The zero-order valence-corrected chi connectivity index (χ0v) is 36.3. The van der Waals surface area contributed by atoms with Crippen LogP contribution in [0.1, 0.15) is 62.2 Å². The van der Waals surface area contributed by atoms with E-state index in [2.05, 4.69) is 45.0 Å². The minimum atomic E-state index is -3.29. The number of fused-ring (bicyclic) bond motifs is 1. The number of amides is 2. The zero-order chi connectivity index (χ0) is 44.1. The van der Waals surface area contributed by atoms with Gasteiger partial charge in [0.15, 0.2) is 12.2 Å². The van der Waals surface area contributed by atoms with Crippen molar-refractivity contribution in [1.29, 1.82) is 0 Å². The van der Waals surface area contributed by atoms with Crippen LogP contribution in [0.4, 0.5) is 0 Å². The van der Waals surface area contributed by atoms with Crippen molar-refractivity contribution in [2.24, 2.45) is 0 Å². The molecule has 63 heavy (non-hydrogen) atoms. The van der Waals surface area contributed by atoms with E-state index in [-0.39, 0.29) is 28.9 Å². The fraction of sp³-hybridized carbons (Fsp3) is 0.216. The van der Waals surface area contributed by atoms with E-state index in [9.17, 15) is 19.2 Å². The topological polar surface area (TPSA) is 127 Å². The lowest BCUT2D eigenvalue weighted by molar-refractivity contribution is -0.252. The molecule has 1 fully saturated rings. The summed E-state index contributed by atoms with van der Waals surface area (Å²) in [5.74, 6) is -2.02. The average molecular weight is 862 g/mol. The van der Waals surface area contributed by atoms with Gasteiger partial charge in [0.2, 0.25) is 6.29 Å². The van der Waals surface area contributed by atoms with Gasteiger partial charge in [0.25, 0.3) is 20.1 Å². The third kappa shape index (κ3) is 8.52. The number of methoxy groups -OCH3 is 1. The van der Waals surface area contributed by atoms with Crippen LogP contribution >= 0.6 is 0 Å². The number of hydrogen-bond acceptors (Lipinski definition) is 10. The molecule has 0 aromatic heterocycles. The Bertz CT molecular complexity index is 2480. The molecular weight excluding hydrogens is 815 g/mol. The molecule has 5 atom stereocenters. The molecule has 6 aromatic carbocycles. The normalized spacial score (nSPS) is 19.8.